The van der Waals surface area contributed by atoms with Crippen LogP contribution in [0.3, 0.4) is 0 Å². The van der Waals surface area contributed by atoms with Gasteiger partial charge in [-0.1, -0.05) is 25.7 Å². The minimum atomic E-state index is -0.193. The Morgan fingerprint density at radius 3 is 2.75 bits per heavy atom. The minimum absolute atomic E-state index is 0.101. The predicted molar refractivity (Wildman–Crippen MR) is 47.6 cm³/mol. The Bertz CT molecular complexity index is 228. The molecule has 0 radical (unpaired) electrons. The molecule has 1 rings (SSSR count). The lowest BCUT2D eigenvalue weighted by atomic mass is 9.92. The standard InChI is InChI=1S/C10H14O2/c1-4-8-6-7(3)9(5-2)10(11)12-8/h4-5,7-8H,1,6H2,2-3H3/b9-5+. The van der Waals surface area contributed by atoms with E-state index in [1.54, 1.807) is 6.08 Å². The second kappa shape index (κ2) is 3.57. The van der Waals surface area contributed by atoms with E-state index in [4.69, 9.17) is 4.74 Å². The molecule has 1 fully saturated rings. The lowest BCUT2D eigenvalue weighted by Gasteiger charge is -2.26. The third kappa shape index (κ3) is 1.58. The maximum atomic E-state index is 11.3. The van der Waals surface area contributed by atoms with Crippen molar-refractivity contribution in [2.75, 3.05) is 0 Å². The van der Waals surface area contributed by atoms with E-state index in [1.165, 1.54) is 0 Å². The molecule has 12 heavy (non-hydrogen) atoms. The predicted octanol–water partition coefficient (Wildman–Crippen LogP) is 2.07. The summed E-state index contributed by atoms with van der Waals surface area (Å²) in [5, 5.41) is 0. The van der Waals surface area contributed by atoms with Crippen LogP contribution >= 0.6 is 0 Å². The van der Waals surface area contributed by atoms with E-state index in [1.807, 2.05) is 19.9 Å². The van der Waals surface area contributed by atoms with Gasteiger partial charge in [0.15, 0.2) is 0 Å². The fourth-order valence-corrected chi connectivity index (χ4v) is 1.48. The summed E-state index contributed by atoms with van der Waals surface area (Å²) in [6.07, 6.45) is 4.26. The molecular weight excluding hydrogens is 152 g/mol. The van der Waals surface area contributed by atoms with E-state index in [-0.39, 0.29) is 12.1 Å². The zero-order valence-electron chi connectivity index (χ0n) is 7.54. The van der Waals surface area contributed by atoms with E-state index in [9.17, 15) is 4.79 Å². The first-order valence-corrected chi connectivity index (χ1v) is 4.18. The van der Waals surface area contributed by atoms with Gasteiger partial charge < -0.3 is 4.74 Å². The van der Waals surface area contributed by atoms with Gasteiger partial charge in [-0.05, 0) is 19.3 Å². The van der Waals surface area contributed by atoms with E-state index in [2.05, 4.69) is 6.58 Å². The zero-order chi connectivity index (χ0) is 9.14. The number of ether oxygens (including phenoxy) is 1. The third-order valence-corrected chi connectivity index (χ3v) is 2.18. The molecule has 66 valence electrons. The number of allylic oxidation sites excluding steroid dienone is 1. The molecule has 1 saturated heterocycles. The Morgan fingerprint density at radius 2 is 2.33 bits per heavy atom. The first kappa shape index (κ1) is 9.04. The maximum Gasteiger partial charge on any atom is 0.334 e. The Balaban J connectivity index is 2.77. The topological polar surface area (TPSA) is 26.3 Å². The number of hydrogen-bond acceptors (Lipinski definition) is 2. The van der Waals surface area contributed by atoms with Crippen molar-refractivity contribution in [1.82, 2.24) is 0 Å². The third-order valence-electron chi connectivity index (χ3n) is 2.18. The quantitative estimate of drug-likeness (QED) is 0.338. The van der Waals surface area contributed by atoms with E-state index < -0.39 is 0 Å². The summed E-state index contributed by atoms with van der Waals surface area (Å²) in [5.41, 5.74) is 0.785. The summed E-state index contributed by atoms with van der Waals surface area (Å²) in [7, 11) is 0. The lowest BCUT2D eigenvalue weighted by Crippen LogP contribution is -2.29. The first-order valence-electron chi connectivity index (χ1n) is 4.18. The van der Waals surface area contributed by atoms with Crippen molar-refractivity contribution in [1.29, 1.82) is 0 Å². The molecule has 2 unspecified atom stereocenters. The smallest absolute Gasteiger partial charge is 0.334 e. The van der Waals surface area contributed by atoms with Gasteiger partial charge in [-0.3, -0.25) is 0 Å². The van der Waals surface area contributed by atoms with Gasteiger partial charge in [0.25, 0.3) is 0 Å². The van der Waals surface area contributed by atoms with Crippen LogP contribution in [0.25, 0.3) is 0 Å². The van der Waals surface area contributed by atoms with Crippen LogP contribution in [-0.2, 0) is 9.53 Å². The van der Waals surface area contributed by atoms with Crippen LogP contribution in [0.15, 0.2) is 24.3 Å². The number of carbonyl (C=O) groups excluding carboxylic acids is 1. The molecule has 0 saturated carbocycles. The van der Waals surface area contributed by atoms with Crippen molar-refractivity contribution in [3.8, 4) is 0 Å². The fraction of sp³-hybridized carbons (Fsp3) is 0.500. The summed E-state index contributed by atoms with van der Waals surface area (Å²) in [5.74, 6) is 0.0976. The van der Waals surface area contributed by atoms with Gasteiger partial charge in [0.05, 0.1) is 0 Å². The normalized spacial score (nSPS) is 33.2. The molecule has 2 nitrogen and oxygen atoms in total. The SMILES string of the molecule is C=CC1CC(C)/C(=C\C)C(=O)O1. The molecule has 0 aromatic rings. The average molecular weight is 166 g/mol. The summed E-state index contributed by atoms with van der Waals surface area (Å²) in [6, 6.07) is 0. The largest absolute Gasteiger partial charge is 0.455 e. The van der Waals surface area contributed by atoms with Crippen molar-refractivity contribution in [3.05, 3.63) is 24.3 Å². The Morgan fingerprint density at radius 1 is 1.67 bits per heavy atom. The highest BCUT2D eigenvalue weighted by molar-refractivity contribution is 5.89. The van der Waals surface area contributed by atoms with Crippen LogP contribution in [0.4, 0.5) is 0 Å². The molecule has 0 bridgehead atoms. The second-order valence-corrected chi connectivity index (χ2v) is 3.06. The van der Waals surface area contributed by atoms with E-state index in [0.29, 0.717) is 5.92 Å². The molecule has 1 aliphatic heterocycles. The summed E-state index contributed by atoms with van der Waals surface area (Å²) >= 11 is 0. The highest BCUT2D eigenvalue weighted by Gasteiger charge is 2.28. The molecule has 0 aromatic heterocycles. The number of rotatable bonds is 1. The first-order chi connectivity index (χ1) is 5.69. The molecule has 0 aromatic carbocycles. The van der Waals surface area contributed by atoms with Gasteiger partial charge in [-0.15, -0.1) is 0 Å². The van der Waals surface area contributed by atoms with E-state index in [0.717, 1.165) is 12.0 Å². The highest BCUT2D eigenvalue weighted by atomic mass is 16.5. The number of hydrogen-bond donors (Lipinski definition) is 0. The van der Waals surface area contributed by atoms with Gasteiger partial charge in [0, 0.05) is 5.57 Å². The molecule has 1 aliphatic rings. The molecule has 0 amide bonds. The summed E-state index contributed by atoms with van der Waals surface area (Å²) in [4.78, 5) is 11.3. The molecular formula is C10H14O2. The number of esters is 1. The number of cyclic esters (lactones) is 1. The molecule has 2 heteroatoms. The zero-order valence-corrected chi connectivity index (χ0v) is 7.54. The van der Waals surface area contributed by atoms with Crippen LogP contribution in [0.5, 0.6) is 0 Å². The molecule has 2 atom stereocenters. The van der Waals surface area contributed by atoms with Crippen molar-refractivity contribution in [2.45, 2.75) is 26.4 Å². The van der Waals surface area contributed by atoms with Crippen LogP contribution in [-0.4, -0.2) is 12.1 Å². The van der Waals surface area contributed by atoms with Crippen molar-refractivity contribution in [3.63, 3.8) is 0 Å². The van der Waals surface area contributed by atoms with Crippen molar-refractivity contribution < 1.29 is 9.53 Å². The Hall–Kier alpha value is -1.05. The van der Waals surface area contributed by atoms with Gasteiger partial charge >= 0.3 is 5.97 Å². The van der Waals surface area contributed by atoms with Gasteiger partial charge in [0.2, 0.25) is 0 Å². The van der Waals surface area contributed by atoms with Crippen molar-refractivity contribution >= 4 is 5.97 Å². The summed E-state index contributed by atoms with van der Waals surface area (Å²) in [6.45, 7) is 7.50. The van der Waals surface area contributed by atoms with E-state index >= 15 is 0 Å². The lowest BCUT2D eigenvalue weighted by molar-refractivity contribution is -0.146. The second-order valence-electron chi connectivity index (χ2n) is 3.06. The number of carbonyl (C=O) groups is 1. The van der Waals surface area contributed by atoms with Gasteiger partial charge in [-0.2, -0.15) is 0 Å². The fourth-order valence-electron chi connectivity index (χ4n) is 1.48. The van der Waals surface area contributed by atoms with Crippen LogP contribution < -0.4 is 0 Å². The molecule has 0 aliphatic carbocycles. The van der Waals surface area contributed by atoms with Gasteiger partial charge in [0.1, 0.15) is 6.10 Å². The van der Waals surface area contributed by atoms with Gasteiger partial charge in [-0.25, -0.2) is 4.79 Å². The van der Waals surface area contributed by atoms with Crippen molar-refractivity contribution in [2.24, 2.45) is 5.92 Å². The molecule has 0 spiro atoms. The molecule has 0 N–H and O–H groups in total. The van der Waals surface area contributed by atoms with Crippen LogP contribution in [0, 0.1) is 5.92 Å². The van der Waals surface area contributed by atoms with Crippen LogP contribution in [0.2, 0.25) is 0 Å². The molecule has 1 heterocycles. The Labute approximate surface area is 72.9 Å². The van der Waals surface area contributed by atoms with Crippen LogP contribution in [0.1, 0.15) is 20.3 Å². The summed E-state index contributed by atoms with van der Waals surface area (Å²) < 4.78 is 5.08. The monoisotopic (exact) mass is 166 g/mol. The minimum Gasteiger partial charge on any atom is -0.455 e. The maximum absolute atomic E-state index is 11.3. The highest BCUT2D eigenvalue weighted by Crippen LogP contribution is 2.25. The average Bonchev–Trinajstić information content (AvgIpc) is 2.03. The Kier molecular flexibility index (Phi) is 2.69.